The van der Waals surface area contributed by atoms with Crippen LogP contribution in [0.15, 0.2) is 90.3 Å². The zero-order valence-corrected chi connectivity index (χ0v) is 17.1. The Balaban J connectivity index is 1.45. The fourth-order valence-electron chi connectivity index (χ4n) is 4.69. The van der Waals surface area contributed by atoms with Crippen molar-refractivity contribution in [3.8, 4) is 0 Å². The van der Waals surface area contributed by atoms with Gasteiger partial charge < -0.3 is 15.1 Å². The Morgan fingerprint density at radius 2 is 1.86 bits per heavy atom. The molecule has 1 fully saturated rings. The molecule has 3 aliphatic rings. The van der Waals surface area contributed by atoms with Gasteiger partial charge in [-0.1, -0.05) is 55.7 Å². The van der Waals surface area contributed by atoms with Gasteiger partial charge in [-0.25, -0.2) is 0 Å². The maximum absolute atomic E-state index is 4.48. The molecule has 1 saturated heterocycles. The summed E-state index contributed by atoms with van der Waals surface area (Å²) in [4.78, 5) is 4.98. The van der Waals surface area contributed by atoms with Gasteiger partial charge in [-0.2, -0.15) is 0 Å². The molecule has 3 atom stereocenters. The van der Waals surface area contributed by atoms with Crippen LogP contribution in [0.25, 0.3) is 0 Å². The number of rotatable bonds is 5. The van der Waals surface area contributed by atoms with Gasteiger partial charge in [0.05, 0.1) is 6.04 Å². The van der Waals surface area contributed by atoms with Gasteiger partial charge in [0.2, 0.25) is 0 Å². The number of hydrogen-bond donors (Lipinski definition) is 1. The number of allylic oxidation sites excluding steroid dienone is 4. The van der Waals surface area contributed by atoms with E-state index in [0.717, 1.165) is 31.6 Å². The van der Waals surface area contributed by atoms with Crippen LogP contribution in [-0.4, -0.2) is 36.6 Å². The standard InChI is InChI=1S/C25H31N3/c1-18(2)25-23(22-12-8-9-13-24(22)26-25)16-19(3)27-14-15-28(20(4)17-27)21-10-6-5-7-11-21/h5-13,20,22,24,26H,1,3,14-17H2,2,4H3. The summed E-state index contributed by atoms with van der Waals surface area (Å²) in [6.45, 7) is 16.2. The first-order valence-electron chi connectivity index (χ1n) is 10.3. The second kappa shape index (κ2) is 7.75. The van der Waals surface area contributed by atoms with Crippen LogP contribution in [0.2, 0.25) is 0 Å². The van der Waals surface area contributed by atoms with Gasteiger partial charge in [0.1, 0.15) is 0 Å². The first-order chi connectivity index (χ1) is 13.5. The Morgan fingerprint density at radius 1 is 1.11 bits per heavy atom. The number of fused-ring (bicyclic) bond motifs is 1. The second-order valence-corrected chi connectivity index (χ2v) is 8.21. The van der Waals surface area contributed by atoms with Crippen molar-refractivity contribution in [1.29, 1.82) is 0 Å². The summed E-state index contributed by atoms with van der Waals surface area (Å²) in [7, 11) is 0. The zero-order valence-electron chi connectivity index (χ0n) is 17.1. The second-order valence-electron chi connectivity index (χ2n) is 8.21. The van der Waals surface area contributed by atoms with E-state index in [1.165, 1.54) is 22.7 Å². The minimum absolute atomic E-state index is 0.355. The predicted octanol–water partition coefficient (Wildman–Crippen LogP) is 4.65. The monoisotopic (exact) mass is 373 g/mol. The van der Waals surface area contributed by atoms with Gasteiger partial charge in [-0.3, -0.25) is 0 Å². The number of hydrogen-bond acceptors (Lipinski definition) is 3. The first kappa shape index (κ1) is 18.7. The molecule has 28 heavy (non-hydrogen) atoms. The number of nitrogens with one attached hydrogen (secondary N) is 1. The molecule has 2 heterocycles. The van der Waals surface area contributed by atoms with Crippen LogP contribution >= 0.6 is 0 Å². The van der Waals surface area contributed by atoms with Crippen molar-refractivity contribution in [1.82, 2.24) is 10.2 Å². The van der Waals surface area contributed by atoms with Gasteiger partial charge in [-0.05, 0) is 37.1 Å². The molecule has 1 N–H and O–H groups in total. The van der Waals surface area contributed by atoms with Crippen LogP contribution in [0.3, 0.4) is 0 Å². The SMILES string of the molecule is C=C(C)C1=C(CC(=C)N2CCN(c3ccccc3)C(C)C2)C2C=CC=CC2N1. The molecule has 0 radical (unpaired) electrons. The maximum atomic E-state index is 4.48. The number of para-hydroxylation sites is 1. The van der Waals surface area contributed by atoms with E-state index in [-0.39, 0.29) is 0 Å². The quantitative estimate of drug-likeness (QED) is 0.811. The summed E-state index contributed by atoms with van der Waals surface area (Å²) in [5, 5.41) is 3.66. The average molecular weight is 374 g/mol. The van der Waals surface area contributed by atoms with Crippen molar-refractivity contribution >= 4 is 5.69 Å². The molecule has 4 rings (SSSR count). The highest BCUT2D eigenvalue weighted by Gasteiger charge is 2.33. The summed E-state index contributed by atoms with van der Waals surface area (Å²) < 4.78 is 0. The third-order valence-electron chi connectivity index (χ3n) is 6.15. The molecule has 1 aromatic carbocycles. The highest BCUT2D eigenvalue weighted by molar-refractivity contribution is 5.48. The average Bonchev–Trinajstić information content (AvgIpc) is 3.07. The smallest absolute Gasteiger partial charge is 0.0548 e. The van der Waals surface area contributed by atoms with E-state index in [4.69, 9.17) is 0 Å². The van der Waals surface area contributed by atoms with E-state index in [9.17, 15) is 0 Å². The minimum Gasteiger partial charge on any atom is -0.378 e. The molecule has 3 unspecified atom stereocenters. The highest BCUT2D eigenvalue weighted by Crippen LogP contribution is 2.37. The molecular weight excluding hydrogens is 342 g/mol. The van der Waals surface area contributed by atoms with Crippen LogP contribution in [-0.2, 0) is 0 Å². The van der Waals surface area contributed by atoms with Crippen LogP contribution in [0.4, 0.5) is 5.69 Å². The number of benzene rings is 1. The molecule has 0 spiro atoms. The Bertz CT molecular complexity index is 846. The summed E-state index contributed by atoms with van der Waals surface area (Å²) in [6, 6.07) is 11.6. The molecular formula is C25H31N3. The Morgan fingerprint density at radius 3 is 2.57 bits per heavy atom. The van der Waals surface area contributed by atoms with E-state index in [0.29, 0.717) is 18.0 Å². The molecule has 3 heteroatoms. The predicted molar refractivity (Wildman–Crippen MR) is 119 cm³/mol. The molecule has 0 bridgehead atoms. The molecule has 3 nitrogen and oxygen atoms in total. The lowest BCUT2D eigenvalue weighted by Crippen LogP contribution is -2.51. The lowest BCUT2D eigenvalue weighted by atomic mass is 9.87. The van der Waals surface area contributed by atoms with Gasteiger partial charge in [0.15, 0.2) is 0 Å². The van der Waals surface area contributed by atoms with Gasteiger partial charge in [0.25, 0.3) is 0 Å². The fraction of sp³-hybridized carbons (Fsp3) is 0.360. The Kier molecular flexibility index (Phi) is 5.17. The van der Waals surface area contributed by atoms with E-state index < -0.39 is 0 Å². The van der Waals surface area contributed by atoms with E-state index >= 15 is 0 Å². The fourth-order valence-corrected chi connectivity index (χ4v) is 4.69. The number of piperazine rings is 1. The molecule has 0 amide bonds. The van der Waals surface area contributed by atoms with Crippen LogP contribution in [0, 0.1) is 5.92 Å². The third-order valence-corrected chi connectivity index (χ3v) is 6.15. The maximum Gasteiger partial charge on any atom is 0.0548 e. The van der Waals surface area contributed by atoms with Crippen molar-refractivity contribution in [3.63, 3.8) is 0 Å². The molecule has 146 valence electrons. The Labute approximate surface area is 169 Å². The van der Waals surface area contributed by atoms with Crippen molar-refractivity contribution < 1.29 is 0 Å². The molecule has 2 aliphatic heterocycles. The van der Waals surface area contributed by atoms with Crippen molar-refractivity contribution in [2.24, 2.45) is 5.92 Å². The zero-order chi connectivity index (χ0) is 19.7. The highest BCUT2D eigenvalue weighted by atomic mass is 15.3. The van der Waals surface area contributed by atoms with Crippen molar-refractivity contribution in [2.75, 3.05) is 24.5 Å². The minimum atomic E-state index is 0.355. The van der Waals surface area contributed by atoms with Crippen molar-refractivity contribution in [3.05, 3.63) is 90.3 Å². The molecule has 0 aromatic heterocycles. The summed E-state index contributed by atoms with van der Waals surface area (Å²) in [5.74, 6) is 0.413. The molecule has 0 saturated carbocycles. The van der Waals surface area contributed by atoms with Crippen LogP contribution in [0.5, 0.6) is 0 Å². The topological polar surface area (TPSA) is 18.5 Å². The normalized spacial score (nSPS) is 26.3. The first-order valence-corrected chi connectivity index (χ1v) is 10.3. The summed E-state index contributed by atoms with van der Waals surface area (Å²) in [5.41, 5.74) is 6.30. The summed E-state index contributed by atoms with van der Waals surface area (Å²) in [6.07, 6.45) is 9.77. The summed E-state index contributed by atoms with van der Waals surface area (Å²) >= 11 is 0. The van der Waals surface area contributed by atoms with E-state index in [1.54, 1.807) is 0 Å². The molecule has 1 aliphatic carbocycles. The van der Waals surface area contributed by atoms with E-state index in [2.05, 4.69) is 96.8 Å². The lowest BCUT2D eigenvalue weighted by molar-refractivity contribution is 0.279. The van der Waals surface area contributed by atoms with Crippen molar-refractivity contribution in [2.45, 2.75) is 32.4 Å². The van der Waals surface area contributed by atoms with E-state index in [1.807, 2.05) is 0 Å². The largest absolute Gasteiger partial charge is 0.378 e. The number of anilines is 1. The Hall–Kier alpha value is -2.68. The van der Waals surface area contributed by atoms with Gasteiger partial charge in [0, 0.05) is 55.1 Å². The van der Waals surface area contributed by atoms with Gasteiger partial charge in [-0.15, -0.1) is 0 Å². The number of nitrogens with zero attached hydrogens (tertiary/aromatic N) is 2. The third kappa shape index (κ3) is 3.54. The van der Waals surface area contributed by atoms with Crippen LogP contribution < -0.4 is 10.2 Å². The molecule has 1 aromatic rings. The lowest BCUT2D eigenvalue weighted by Gasteiger charge is -2.43. The van der Waals surface area contributed by atoms with Crippen LogP contribution in [0.1, 0.15) is 20.3 Å². The van der Waals surface area contributed by atoms with Gasteiger partial charge >= 0.3 is 0 Å².